The SMILES string of the molecule is COCCN(CCc1ccc(-c2cc3nccc(Oc4ccc(NC(=O)NC5CC5)cc4F)c3s2)nc1)C(C)=O. The van der Waals surface area contributed by atoms with E-state index in [4.69, 9.17) is 9.47 Å². The van der Waals surface area contributed by atoms with Crippen molar-refractivity contribution in [1.29, 1.82) is 0 Å². The van der Waals surface area contributed by atoms with E-state index in [0.29, 0.717) is 43.1 Å². The first-order valence-corrected chi connectivity index (χ1v) is 13.8. The second-order valence-electron chi connectivity index (χ2n) is 9.55. The lowest BCUT2D eigenvalue weighted by molar-refractivity contribution is -0.129. The van der Waals surface area contributed by atoms with Gasteiger partial charge in [0, 0.05) is 63.4 Å². The lowest BCUT2D eigenvalue weighted by Gasteiger charge is -2.20. The highest BCUT2D eigenvalue weighted by molar-refractivity contribution is 7.22. The Kier molecular flexibility index (Phi) is 8.51. The Balaban J connectivity index is 1.26. The van der Waals surface area contributed by atoms with Gasteiger partial charge < -0.3 is 25.0 Å². The number of urea groups is 1. The summed E-state index contributed by atoms with van der Waals surface area (Å²) >= 11 is 1.46. The zero-order chi connectivity index (χ0) is 28.1. The van der Waals surface area contributed by atoms with Gasteiger partial charge in [-0.3, -0.25) is 14.8 Å². The Morgan fingerprint density at radius 3 is 2.65 bits per heavy atom. The van der Waals surface area contributed by atoms with E-state index in [0.717, 1.165) is 33.7 Å². The minimum Gasteiger partial charge on any atom is -0.453 e. The molecule has 0 saturated heterocycles. The van der Waals surface area contributed by atoms with Crippen molar-refractivity contribution in [2.24, 2.45) is 0 Å². The molecule has 2 N–H and O–H groups in total. The van der Waals surface area contributed by atoms with Crippen LogP contribution in [0, 0.1) is 5.82 Å². The number of amides is 3. The van der Waals surface area contributed by atoms with E-state index < -0.39 is 5.82 Å². The van der Waals surface area contributed by atoms with Crippen LogP contribution in [0.25, 0.3) is 20.8 Å². The van der Waals surface area contributed by atoms with Gasteiger partial charge >= 0.3 is 6.03 Å². The fourth-order valence-electron chi connectivity index (χ4n) is 4.09. The summed E-state index contributed by atoms with van der Waals surface area (Å²) in [6, 6.07) is 11.8. The van der Waals surface area contributed by atoms with Crippen molar-refractivity contribution in [3.05, 3.63) is 66.2 Å². The number of ether oxygens (including phenoxy) is 2. The number of hydrogen-bond donors (Lipinski definition) is 2. The van der Waals surface area contributed by atoms with Crippen molar-refractivity contribution in [1.82, 2.24) is 20.2 Å². The first kappa shape index (κ1) is 27.5. The number of carbonyl (C=O) groups is 2. The Labute approximate surface area is 235 Å². The number of anilines is 1. The third-order valence-corrected chi connectivity index (χ3v) is 7.62. The molecule has 9 nitrogen and oxygen atoms in total. The Morgan fingerprint density at radius 1 is 1.10 bits per heavy atom. The van der Waals surface area contributed by atoms with Gasteiger partial charge in [0.2, 0.25) is 5.91 Å². The number of pyridine rings is 2. The number of nitrogens with one attached hydrogen (secondary N) is 2. The van der Waals surface area contributed by atoms with Gasteiger partial charge in [0.15, 0.2) is 11.6 Å². The number of aromatic nitrogens is 2. The molecule has 208 valence electrons. The molecule has 3 heterocycles. The quantitative estimate of drug-likeness (QED) is 0.246. The molecule has 0 bridgehead atoms. The van der Waals surface area contributed by atoms with Gasteiger partial charge in [-0.05, 0) is 49.1 Å². The van der Waals surface area contributed by atoms with Crippen LogP contribution in [0.2, 0.25) is 0 Å². The molecule has 0 aliphatic heterocycles. The summed E-state index contributed by atoms with van der Waals surface area (Å²) in [7, 11) is 1.62. The largest absolute Gasteiger partial charge is 0.453 e. The van der Waals surface area contributed by atoms with Gasteiger partial charge in [-0.25, -0.2) is 9.18 Å². The van der Waals surface area contributed by atoms with E-state index in [2.05, 4.69) is 20.6 Å². The number of methoxy groups -OCH3 is 1. The molecule has 5 rings (SSSR count). The highest BCUT2D eigenvalue weighted by Gasteiger charge is 2.23. The molecule has 0 atom stereocenters. The summed E-state index contributed by atoms with van der Waals surface area (Å²) < 4.78 is 26.6. The number of benzene rings is 1. The second kappa shape index (κ2) is 12.4. The molecule has 3 amide bonds. The lowest BCUT2D eigenvalue weighted by atomic mass is 10.1. The number of rotatable bonds is 11. The Hall–Kier alpha value is -4.09. The molecule has 0 spiro atoms. The molecule has 4 aromatic rings. The van der Waals surface area contributed by atoms with Gasteiger partial charge in [-0.2, -0.15) is 0 Å². The molecule has 40 heavy (non-hydrogen) atoms. The molecule has 1 fully saturated rings. The summed E-state index contributed by atoms with van der Waals surface area (Å²) in [5.74, 6) is -0.0533. The topological polar surface area (TPSA) is 106 Å². The fraction of sp³-hybridized carbons (Fsp3) is 0.310. The highest BCUT2D eigenvalue weighted by Crippen LogP contribution is 2.39. The summed E-state index contributed by atoms with van der Waals surface area (Å²) in [6.07, 6.45) is 6.06. The van der Waals surface area contributed by atoms with Crippen molar-refractivity contribution >= 4 is 39.2 Å². The minimum absolute atomic E-state index is 0.0150. The molecule has 1 aliphatic rings. The number of nitrogens with zero attached hydrogens (tertiary/aromatic N) is 3. The monoisotopic (exact) mass is 563 g/mol. The fourth-order valence-corrected chi connectivity index (χ4v) is 5.13. The standard InChI is InChI=1S/C29H30FN5O4S/c1-18(36)35(13-14-38-2)12-10-19-3-7-23(32-17-19)27-16-24-28(40-27)26(9-11-31-24)39-25-8-6-21(15-22(25)30)34-29(37)33-20-4-5-20/h3,6-9,11,15-17,20H,4-5,10,12-14H2,1-2H3,(H2,33,34,37). The smallest absolute Gasteiger partial charge is 0.319 e. The first-order valence-electron chi connectivity index (χ1n) is 13.0. The number of thiophene rings is 1. The van der Waals surface area contributed by atoms with Crippen molar-refractivity contribution in [2.45, 2.75) is 32.2 Å². The van der Waals surface area contributed by atoms with Crippen LogP contribution in [-0.2, 0) is 16.0 Å². The van der Waals surface area contributed by atoms with Crippen LogP contribution >= 0.6 is 11.3 Å². The van der Waals surface area contributed by atoms with Gasteiger partial charge in [0.05, 0.1) is 27.4 Å². The first-order chi connectivity index (χ1) is 19.4. The summed E-state index contributed by atoms with van der Waals surface area (Å²) in [4.78, 5) is 35.5. The van der Waals surface area contributed by atoms with Crippen LogP contribution in [0.1, 0.15) is 25.3 Å². The van der Waals surface area contributed by atoms with Gasteiger partial charge in [0.25, 0.3) is 0 Å². The molecular formula is C29H30FN5O4S. The van der Waals surface area contributed by atoms with Gasteiger partial charge in [0.1, 0.15) is 5.75 Å². The number of halogens is 1. The van der Waals surface area contributed by atoms with Gasteiger partial charge in [-0.1, -0.05) is 6.07 Å². The minimum atomic E-state index is -0.589. The zero-order valence-corrected chi connectivity index (χ0v) is 23.1. The molecule has 3 aromatic heterocycles. The van der Waals surface area contributed by atoms with Crippen LogP contribution < -0.4 is 15.4 Å². The van der Waals surface area contributed by atoms with Crippen molar-refractivity contribution in [3.8, 4) is 22.1 Å². The second-order valence-corrected chi connectivity index (χ2v) is 10.6. The van der Waals surface area contributed by atoms with E-state index in [1.54, 1.807) is 37.3 Å². The van der Waals surface area contributed by atoms with Gasteiger partial charge in [-0.15, -0.1) is 11.3 Å². The third kappa shape index (κ3) is 6.91. The van der Waals surface area contributed by atoms with Crippen LogP contribution in [0.4, 0.5) is 14.9 Å². The van der Waals surface area contributed by atoms with Crippen LogP contribution in [-0.4, -0.2) is 59.7 Å². The van der Waals surface area contributed by atoms with Crippen LogP contribution in [0.5, 0.6) is 11.5 Å². The maximum Gasteiger partial charge on any atom is 0.319 e. The molecule has 1 aromatic carbocycles. The van der Waals surface area contributed by atoms with E-state index >= 15 is 0 Å². The Bertz CT molecular complexity index is 1510. The molecular weight excluding hydrogens is 533 g/mol. The molecule has 0 radical (unpaired) electrons. The maximum absolute atomic E-state index is 14.8. The normalized spacial score (nSPS) is 12.8. The van der Waals surface area contributed by atoms with E-state index in [1.807, 2.05) is 24.4 Å². The molecule has 1 saturated carbocycles. The summed E-state index contributed by atoms with van der Waals surface area (Å²) in [6.45, 7) is 3.20. The number of hydrogen-bond acceptors (Lipinski definition) is 7. The maximum atomic E-state index is 14.8. The third-order valence-electron chi connectivity index (χ3n) is 6.46. The van der Waals surface area contributed by atoms with E-state index in [-0.39, 0.29) is 23.7 Å². The van der Waals surface area contributed by atoms with Crippen molar-refractivity contribution < 1.29 is 23.5 Å². The summed E-state index contributed by atoms with van der Waals surface area (Å²) in [5.41, 5.74) is 2.87. The van der Waals surface area contributed by atoms with Crippen molar-refractivity contribution in [2.75, 3.05) is 32.1 Å². The van der Waals surface area contributed by atoms with Crippen molar-refractivity contribution in [3.63, 3.8) is 0 Å². The van der Waals surface area contributed by atoms with E-state index in [1.165, 1.54) is 23.5 Å². The summed E-state index contributed by atoms with van der Waals surface area (Å²) in [5, 5.41) is 5.45. The molecule has 1 aliphatic carbocycles. The predicted octanol–water partition coefficient (Wildman–Crippen LogP) is 5.61. The average Bonchev–Trinajstić information content (AvgIpc) is 3.64. The van der Waals surface area contributed by atoms with Crippen LogP contribution in [0.15, 0.2) is 54.9 Å². The highest BCUT2D eigenvalue weighted by atomic mass is 32.1. The zero-order valence-electron chi connectivity index (χ0n) is 22.3. The average molecular weight is 564 g/mol. The number of fused-ring (bicyclic) bond motifs is 1. The lowest BCUT2D eigenvalue weighted by Crippen LogP contribution is -2.33. The number of carbonyl (C=O) groups excluding carboxylic acids is 2. The molecule has 11 heteroatoms. The van der Waals surface area contributed by atoms with E-state index in [9.17, 15) is 14.0 Å². The molecule has 0 unspecified atom stereocenters. The predicted molar refractivity (Wildman–Crippen MR) is 152 cm³/mol. The Morgan fingerprint density at radius 2 is 1.95 bits per heavy atom. The van der Waals surface area contributed by atoms with Crippen LogP contribution in [0.3, 0.4) is 0 Å².